The van der Waals surface area contributed by atoms with Crippen LogP contribution in [0.5, 0.6) is 0 Å². The second kappa shape index (κ2) is 7.04. The summed E-state index contributed by atoms with van der Waals surface area (Å²) >= 11 is 0. The molecule has 126 valence electrons. The molecule has 7 nitrogen and oxygen atoms in total. The van der Waals surface area contributed by atoms with E-state index in [4.69, 9.17) is 9.47 Å². The molecule has 0 atom stereocenters. The van der Waals surface area contributed by atoms with Crippen molar-refractivity contribution in [2.45, 2.75) is 13.5 Å². The second-order valence-corrected chi connectivity index (χ2v) is 5.23. The second-order valence-electron chi connectivity index (χ2n) is 5.23. The molecule has 25 heavy (non-hydrogen) atoms. The van der Waals surface area contributed by atoms with Crippen LogP contribution in [-0.2, 0) is 16.1 Å². The van der Waals surface area contributed by atoms with Crippen LogP contribution in [0.25, 0.3) is 10.9 Å². The number of carbonyl (C=O) groups excluding carboxylic acids is 2. The van der Waals surface area contributed by atoms with Crippen molar-refractivity contribution in [2.24, 2.45) is 0 Å². The summed E-state index contributed by atoms with van der Waals surface area (Å²) in [5, 5.41) is 0.840. The number of para-hydroxylation sites is 1. The van der Waals surface area contributed by atoms with Crippen LogP contribution in [0.15, 0.2) is 42.9 Å². The maximum Gasteiger partial charge on any atom is 0.358 e. The Morgan fingerprint density at radius 1 is 1.12 bits per heavy atom. The largest absolute Gasteiger partial charge is 0.465 e. The van der Waals surface area contributed by atoms with Gasteiger partial charge in [-0.3, -0.25) is 4.98 Å². The van der Waals surface area contributed by atoms with Crippen molar-refractivity contribution in [3.05, 3.63) is 65.4 Å². The first-order valence-corrected chi connectivity index (χ1v) is 7.51. The number of nitrogens with zero attached hydrogens (tertiary/aromatic N) is 3. The van der Waals surface area contributed by atoms with E-state index in [9.17, 15) is 9.59 Å². The Balaban J connectivity index is 1.97. The number of carbonyl (C=O) groups is 2. The maximum absolute atomic E-state index is 12.2. The summed E-state index contributed by atoms with van der Waals surface area (Å²) < 4.78 is 10.1. The number of hydrogen-bond acceptors (Lipinski definition) is 7. The number of fused-ring (bicyclic) bond motifs is 1. The van der Waals surface area contributed by atoms with Gasteiger partial charge in [-0.2, -0.15) is 0 Å². The molecule has 2 aromatic heterocycles. The highest BCUT2D eigenvalue weighted by molar-refractivity contribution is 5.98. The van der Waals surface area contributed by atoms with Crippen LogP contribution in [0.2, 0.25) is 0 Å². The van der Waals surface area contributed by atoms with Crippen molar-refractivity contribution in [2.75, 3.05) is 7.11 Å². The van der Waals surface area contributed by atoms with E-state index in [2.05, 4.69) is 15.0 Å². The smallest absolute Gasteiger partial charge is 0.358 e. The fraction of sp³-hybridized carbons (Fsp3) is 0.167. The zero-order valence-electron chi connectivity index (χ0n) is 13.7. The number of ether oxygens (including phenoxy) is 2. The molecule has 0 aliphatic rings. The molecule has 0 unspecified atom stereocenters. The number of hydrogen-bond donors (Lipinski definition) is 0. The molecule has 0 spiro atoms. The van der Waals surface area contributed by atoms with E-state index in [1.54, 1.807) is 0 Å². The Labute approximate surface area is 143 Å². The highest BCUT2D eigenvalue weighted by Gasteiger charge is 2.21. The molecule has 0 aliphatic carbocycles. The fourth-order valence-electron chi connectivity index (χ4n) is 2.53. The van der Waals surface area contributed by atoms with Gasteiger partial charge in [0.15, 0.2) is 5.69 Å². The van der Waals surface area contributed by atoms with E-state index in [1.807, 2.05) is 31.2 Å². The summed E-state index contributed by atoms with van der Waals surface area (Å²) in [5.41, 5.74) is 2.15. The van der Waals surface area contributed by atoms with Crippen molar-refractivity contribution in [3.8, 4) is 0 Å². The molecule has 0 amide bonds. The Hall–Kier alpha value is -3.35. The summed E-state index contributed by atoms with van der Waals surface area (Å²) in [4.78, 5) is 36.4. The Kier molecular flexibility index (Phi) is 4.65. The minimum absolute atomic E-state index is 0.0830. The van der Waals surface area contributed by atoms with Crippen molar-refractivity contribution in [3.63, 3.8) is 0 Å². The maximum atomic E-state index is 12.2. The van der Waals surface area contributed by atoms with Gasteiger partial charge < -0.3 is 9.47 Å². The standard InChI is InChI=1S/C18H15N3O4/c1-11-12-5-3-4-6-13(12)21-15(16(11)18(23)24-2)10-25-17(22)14-9-19-7-8-20-14/h3-9H,10H2,1-2H3. The molecular formula is C18H15N3O4. The van der Waals surface area contributed by atoms with Crippen LogP contribution in [0.4, 0.5) is 0 Å². The topological polar surface area (TPSA) is 91.3 Å². The first-order valence-electron chi connectivity index (χ1n) is 7.51. The van der Waals surface area contributed by atoms with Gasteiger partial charge in [-0.1, -0.05) is 18.2 Å². The van der Waals surface area contributed by atoms with Gasteiger partial charge in [-0.15, -0.1) is 0 Å². The molecule has 0 saturated carbocycles. The average Bonchev–Trinajstić information content (AvgIpc) is 2.66. The molecule has 2 heterocycles. The van der Waals surface area contributed by atoms with E-state index in [0.29, 0.717) is 16.8 Å². The van der Waals surface area contributed by atoms with Crippen LogP contribution < -0.4 is 0 Å². The molecule has 0 N–H and O–H groups in total. The van der Waals surface area contributed by atoms with E-state index < -0.39 is 11.9 Å². The first kappa shape index (κ1) is 16.5. The molecule has 0 bridgehead atoms. The Bertz CT molecular complexity index is 942. The van der Waals surface area contributed by atoms with E-state index in [1.165, 1.54) is 25.7 Å². The molecule has 0 fully saturated rings. The predicted molar refractivity (Wildman–Crippen MR) is 89.0 cm³/mol. The van der Waals surface area contributed by atoms with Crippen molar-refractivity contribution >= 4 is 22.8 Å². The SMILES string of the molecule is COC(=O)c1c(COC(=O)c2cnccn2)nc2ccccc2c1C. The molecule has 7 heteroatoms. The number of benzene rings is 1. The lowest BCUT2D eigenvalue weighted by Gasteiger charge is -2.13. The van der Waals surface area contributed by atoms with Gasteiger partial charge >= 0.3 is 11.9 Å². The molecule has 0 saturated heterocycles. The normalized spacial score (nSPS) is 10.5. The van der Waals surface area contributed by atoms with Gasteiger partial charge in [0.05, 0.1) is 30.1 Å². The van der Waals surface area contributed by atoms with Crippen LogP contribution in [0.1, 0.15) is 32.1 Å². The summed E-state index contributed by atoms with van der Waals surface area (Å²) in [6.45, 7) is 1.63. The summed E-state index contributed by atoms with van der Waals surface area (Å²) in [6, 6.07) is 7.42. The molecule has 0 radical (unpaired) electrons. The zero-order chi connectivity index (χ0) is 17.8. The summed E-state index contributed by atoms with van der Waals surface area (Å²) in [6.07, 6.45) is 4.16. The first-order chi connectivity index (χ1) is 12.1. The van der Waals surface area contributed by atoms with E-state index >= 15 is 0 Å². The highest BCUT2D eigenvalue weighted by atomic mass is 16.5. The lowest BCUT2D eigenvalue weighted by molar-refractivity contribution is 0.0448. The summed E-state index contributed by atoms with van der Waals surface area (Å²) in [5.74, 6) is -1.17. The number of methoxy groups -OCH3 is 1. The number of aryl methyl sites for hydroxylation is 1. The lowest BCUT2D eigenvalue weighted by atomic mass is 10.0. The minimum atomic E-state index is -0.642. The quantitative estimate of drug-likeness (QED) is 0.675. The van der Waals surface area contributed by atoms with Crippen LogP contribution in [-0.4, -0.2) is 34.0 Å². The van der Waals surface area contributed by atoms with Gasteiger partial charge in [0.25, 0.3) is 0 Å². The number of aromatic nitrogens is 3. The zero-order valence-corrected chi connectivity index (χ0v) is 13.7. The molecule has 1 aromatic carbocycles. The van der Waals surface area contributed by atoms with Crippen molar-refractivity contribution in [1.29, 1.82) is 0 Å². The van der Waals surface area contributed by atoms with Gasteiger partial charge in [0.2, 0.25) is 0 Å². The summed E-state index contributed by atoms with van der Waals surface area (Å²) in [7, 11) is 1.30. The predicted octanol–water partition coefficient (Wildman–Crippen LogP) is 2.48. The highest BCUT2D eigenvalue weighted by Crippen LogP contribution is 2.24. The Morgan fingerprint density at radius 2 is 1.92 bits per heavy atom. The molecular weight excluding hydrogens is 322 g/mol. The number of rotatable bonds is 4. The molecule has 3 rings (SSSR count). The van der Waals surface area contributed by atoms with Crippen LogP contribution >= 0.6 is 0 Å². The van der Waals surface area contributed by atoms with Crippen molar-refractivity contribution < 1.29 is 19.1 Å². The van der Waals surface area contributed by atoms with E-state index in [-0.39, 0.29) is 12.3 Å². The number of pyridine rings is 1. The average molecular weight is 337 g/mol. The van der Waals surface area contributed by atoms with E-state index in [0.717, 1.165) is 10.9 Å². The van der Waals surface area contributed by atoms with Crippen LogP contribution in [0.3, 0.4) is 0 Å². The fourth-order valence-corrected chi connectivity index (χ4v) is 2.53. The Morgan fingerprint density at radius 3 is 2.64 bits per heavy atom. The van der Waals surface area contributed by atoms with Crippen LogP contribution in [0, 0.1) is 6.92 Å². The van der Waals surface area contributed by atoms with Gasteiger partial charge in [-0.05, 0) is 18.6 Å². The minimum Gasteiger partial charge on any atom is -0.465 e. The van der Waals surface area contributed by atoms with Gasteiger partial charge in [-0.25, -0.2) is 19.6 Å². The molecule has 0 aliphatic heterocycles. The molecule has 3 aromatic rings. The van der Waals surface area contributed by atoms with Crippen molar-refractivity contribution in [1.82, 2.24) is 15.0 Å². The van der Waals surface area contributed by atoms with Gasteiger partial charge in [0.1, 0.15) is 6.61 Å². The number of esters is 2. The third-order valence-corrected chi connectivity index (χ3v) is 3.73. The van der Waals surface area contributed by atoms with Gasteiger partial charge in [0, 0.05) is 17.8 Å². The monoisotopic (exact) mass is 337 g/mol. The third kappa shape index (κ3) is 3.30. The third-order valence-electron chi connectivity index (χ3n) is 3.73. The lowest BCUT2D eigenvalue weighted by Crippen LogP contribution is -2.14.